The van der Waals surface area contributed by atoms with Gasteiger partial charge in [-0.2, -0.15) is 5.10 Å². The highest BCUT2D eigenvalue weighted by Gasteiger charge is 2.19. The smallest absolute Gasteiger partial charge is 0.237 e. The lowest BCUT2D eigenvalue weighted by atomic mass is 10.2. The van der Waals surface area contributed by atoms with Crippen LogP contribution in [-0.4, -0.2) is 18.2 Å². The summed E-state index contributed by atoms with van der Waals surface area (Å²) in [6.07, 6.45) is 0. The summed E-state index contributed by atoms with van der Waals surface area (Å²) < 4.78 is 43.2. The molecule has 5 nitrogen and oxygen atoms in total. The molecule has 0 unspecified atom stereocenters. The van der Waals surface area contributed by atoms with Crippen LogP contribution in [0.5, 0.6) is 0 Å². The third-order valence-electron chi connectivity index (χ3n) is 4.21. The molecule has 3 rings (SSSR count). The predicted molar refractivity (Wildman–Crippen MR) is 105 cm³/mol. The molecule has 27 heavy (non-hydrogen) atoms. The van der Waals surface area contributed by atoms with Crippen molar-refractivity contribution in [2.24, 2.45) is 0 Å². The van der Waals surface area contributed by atoms with Gasteiger partial charge in [0.1, 0.15) is 5.82 Å². The van der Waals surface area contributed by atoms with E-state index in [1.54, 1.807) is 48.9 Å². The van der Waals surface area contributed by atoms with Gasteiger partial charge in [-0.25, -0.2) is 12.8 Å². The molecule has 0 bridgehead atoms. The summed E-state index contributed by atoms with van der Waals surface area (Å²) in [5, 5.41) is 4.64. The number of hydrogen-bond acceptors (Lipinski definition) is 3. The minimum absolute atomic E-state index is 0.110. The normalized spacial score (nSPS) is 11.6. The van der Waals surface area contributed by atoms with Crippen molar-refractivity contribution in [3.8, 4) is 0 Å². The van der Waals surface area contributed by atoms with Gasteiger partial charge < -0.3 is 0 Å². The summed E-state index contributed by atoms with van der Waals surface area (Å²) in [6, 6.07) is 13.4. The fourth-order valence-electron chi connectivity index (χ4n) is 2.82. The van der Waals surface area contributed by atoms with E-state index in [9.17, 15) is 12.8 Å². The van der Waals surface area contributed by atoms with Crippen LogP contribution in [0.25, 0.3) is 0 Å². The van der Waals surface area contributed by atoms with Crippen LogP contribution in [0.3, 0.4) is 0 Å². The van der Waals surface area contributed by atoms with Gasteiger partial charge in [0.05, 0.1) is 29.4 Å². The van der Waals surface area contributed by atoms with Gasteiger partial charge in [-0.15, -0.1) is 0 Å². The van der Waals surface area contributed by atoms with Gasteiger partial charge in [-0.1, -0.05) is 48.0 Å². The number of nitrogens with zero attached hydrogens (tertiary/aromatic N) is 2. The van der Waals surface area contributed by atoms with E-state index < -0.39 is 15.8 Å². The average molecular weight is 408 g/mol. The zero-order valence-electron chi connectivity index (χ0n) is 14.9. The molecular weight excluding hydrogens is 389 g/mol. The van der Waals surface area contributed by atoms with Gasteiger partial charge in [0.2, 0.25) is 10.0 Å². The topological polar surface area (TPSA) is 64.0 Å². The van der Waals surface area contributed by atoms with E-state index in [0.717, 1.165) is 0 Å². The minimum Gasteiger partial charge on any atom is -0.280 e. The number of halogens is 2. The van der Waals surface area contributed by atoms with Crippen molar-refractivity contribution < 1.29 is 12.8 Å². The first-order valence-corrected chi connectivity index (χ1v) is 10.3. The van der Waals surface area contributed by atoms with E-state index in [-0.39, 0.29) is 12.3 Å². The van der Waals surface area contributed by atoms with Crippen molar-refractivity contribution in [3.63, 3.8) is 0 Å². The van der Waals surface area contributed by atoms with Gasteiger partial charge in [0.25, 0.3) is 0 Å². The maximum atomic E-state index is 14.1. The highest BCUT2D eigenvalue weighted by molar-refractivity contribution is 7.91. The number of anilines is 1. The molecule has 1 aromatic heterocycles. The zero-order chi connectivity index (χ0) is 19.6. The van der Waals surface area contributed by atoms with Crippen molar-refractivity contribution in [1.29, 1.82) is 0 Å². The monoisotopic (exact) mass is 407 g/mol. The van der Waals surface area contributed by atoms with Gasteiger partial charge in [-0.05, 0) is 31.5 Å². The van der Waals surface area contributed by atoms with Gasteiger partial charge in [0.15, 0.2) is 0 Å². The molecule has 3 aromatic rings. The van der Waals surface area contributed by atoms with Crippen molar-refractivity contribution >= 4 is 27.3 Å². The summed E-state index contributed by atoms with van der Waals surface area (Å²) in [6.45, 7) is 3.54. The SMILES string of the molecule is Cc1nn(Cc2c(F)cccc2Cl)c(C)c1NS(=O)(=O)Cc1ccccc1. The third-order valence-corrected chi connectivity index (χ3v) is 5.79. The van der Waals surface area contributed by atoms with Crippen LogP contribution in [-0.2, 0) is 22.3 Å². The molecule has 0 atom stereocenters. The Morgan fingerprint density at radius 2 is 1.81 bits per heavy atom. The van der Waals surface area contributed by atoms with Crippen molar-refractivity contribution in [2.45, 2.75) is 26.1 Å². The number of nitrogens with one attached hydrogen (secondary N) is 1. The van der Waals surface area contributed by atoms with Gasteiger partial charge in [-0.3, -0.25) is 9.40 Å². The van der Waals surface area contributed by atoms with Crippen molar-refractivity contribution in [2.75, 3.05) is 4.72 Å². The minimum atomic E-state index is -3.61. The zero-order valence-corrected chi connectivity index (χ0v) is 16.5. The molecule has 0 aliphatic rings. The van der Waals surface area contributed by atoms with Crippen LogP contribution in [0.15, 0.2) is 48.5 Å². The standard InChI is InChI=1S/C19H19ClFN3O2S/c1-13-19(23-27(25,26)12-15-7-4-3-5-8-15)14(2)24(22-13)11-16-17(20)9-6-10-18(16)21/h3-10,23H,11-12H2,1-2H3. The van der Waals surface area contributed by atoms with Crippen LogP contribution in [0.4, 0.5) is 10.1 Å². The van der Waals surface area contributed by atoms with E-state index in [0.29, 0.717) is 33.2 Å². The number of aryl methyl sites for hydroxylation is 1. The Kier molecular flexibility index (Phi) is 5.53. The summed E-state index contributed by atoms with van der Waals surface area (Å²) >= 11 is 6.08. The second kappa shape index (κ2) is 7.70. The molecule has 2 aromatic carbocycles. The second-order valence-corrected chi connectivity index (χ2v) is 8.38. The Morgan fingerprint density at radius 1 is 1.11 bits per heavy atom. The Balaban J connectivity index is 1.86. The average Bonchev–Trinajstić information content (AvgIpc) is 2.86. The summed E-state index contributed by atoms with van der Waals surface area (Å²) in [4.78, 5) is 0. The van der Waals surface area contributed by atoms with Crippen LogP contribution < -0.4 is 4.72 Å². The fourth-order valence-corrected chi connectivity index (χ4v) is 4.35. The molecule has 0 saturated heterocycles. The van der Waals surface area contributed by atoms with E-state index in [2.05, 4.69) is 9.82 Å². The summed E-state index contributed by atoms with van der Waals surface area (Å²) in [5.74, 6) is -0.571. The van der Waals surface area contributed by atoms with E-state index in [4.69, 9.17) is 11.6 Å². The molecule has 0 aliphatic heterocycles. The lowest BCUT2D eigenvalue weighted by Crippen LogP contribution is -2.16. The number of rotatable bonds is 6. The molecule has 8 heteroatoms. The molecule has 0 radical (unpaired) electrons. The number of benzene rings is 2. The Labute approximate surface area is 162 Å². The first-order chi connectivity index (χ1) is 12.8. The van der Waals surface area contributed by atoms with Crippen LogP contribution in [0.2, 0.25) is 5.02 Å². The highest BCUT2D eigenvalue weighted by atomic mass is 35.5. The lowest BCUT2D eigenvalue weighted by Gasteiger charge is -2.10. The van der Waals surface area contributed by atoms with E-state index >= 15 is 0 Å². The molecule has 0 amide bonds. The molecule has 0 saturated carbocycles. The first kappa shape index (κ1) is 19.4. The number of sulfonamides is 1. The molecule has 0 aliphatic carbocycles. The van der Waals surface area contributed by atoms with E-state index in [1.165, 1.54) is 12.1 Å². The third kappa shape index (κ3) is 4.48. The second-order valence-electron chi connectivity index (χ2n) is 6.25. The van der Waals surface area contributed by atoms with Crippen molar-refractivity contribution in [3.05, 3.63) is 81.9 Å². The largest absolute Gasteiger partial charge is 0.280 e. The summed E-state index contributed by atoms with van der Waals surface area (Å²) in [7, 11) is -3.61. The Hall–Kier alpha value is -2.38. The maximum absolute atomic E-state index is 14.1. The number of hydrogen-bond donors (Lipinski definition) is 1. The number of aromatic nitrogens is 2. The fraction of sp³-hybridized carbons (Fsp3) is 0.211. The first-order valence-electron chi connectivity index (χ1n) is 8.28. The molecule has 0 fully saturated rings. The summed E-state index contributed by atoms with van der Waals surface area (Å²) in [5.41, 5.74) is 2.49. The molecule has 142 valence electrons. The Morgan fingerprint density at radius 3 is 2.48 bits per heavy atom. The lowest BCUT2D eigenvalue weighted by molar-refractivity contribution is 0.579. The Bertz CT molecular complexity index is 1050. The molecular formula is C19H19ClFN3O2S. The maximum Gasteiger partial charge on any atom is 0.237 e. The van der Waals surface area contributed by atoms with Gasteiger partial charge >= 0.3 is 0 Å². The van der Waals surface area contributed by atoms with E-state index in [1.807, 2.05) is 6.07 Å². The van der Waals surface area contributed by atoms with Crippen LogP contribution in [0, 0.1) is 19.7 Å². The molecule has 1 N–H and O–H groups in total. The predicted octanol–water partition coefficient (Wildman–Crippen LogP) is 4.28. The van der Waals surface area contributed by atoms with Gasteiger partial charge in [0, 0.05) is 10.6 Å². The van der Waals surface area contributed by atoms with Crippen molar-refractivity contribution in [1.82, 2.24) is 9.78 Å². The van der Waals surface area contributed by atoms with Crippen LogP contribution in [0.1, 0.15) is 22.5 Å². The highest BCUT2D eigenvalue weighted by Crippen LogP contribution is 2.25. The van der Waals surface area contributed by atoms with Crippen LogP contribution >= 0.6 is 11.6 Å². The quantitative estimate of drug-likeness (QED) is 0.663. The molecule has 0 spiro atoms. The molecule has 1 heterocycles.